The summed E-state index contributed by atoms with van der Waals surface area (Å²) in [5.74, 6) is -0.900. The lowest BCUT2D eigenvalue weighted by Gasteiger charge is -2.14. The molecule has 1 amide bonds. The predicted octanol–water partition coefficient (Wildman–Crippen LogP) is 4.41. The molecule has 0 aliphatic rings. The molecule has 0 aliphatic heterocycles. The zero-order valence-electron chi connectivity index (χ0n) is 13.3. The Labute approximate surface area is 150 Å². The van der Waals surface area contributed by atoms with Crippen LogP contribution >= 0.6 is 23.2 Å². The van der Waals surface area contributed by atoms with E-state index >= 15 is 0 Å². The Morgan fingerprint density at radius 1 is 1.12 bits per heavy atom. The van der Waals surface area contributed by atoms with Gasteiger partial charge in [0.15, 0.2) is 6.10 Å². The summed E-state index contributed by atoms with van der Waals surface area (Å²) in [4.78, 5) is 24.0. The third-order valence-electron chi connectivity index (χ3n) is 3.30. The molecule has 0 heterocycles. The van der Waals surface area contributed by atoms with E-state index in [0.29, 0.717) is 21.3 Å². The van der Waals surface area contributed by atoms with Crippen LogP contribution in [-0.2, 0) is 20.7 Å². The van der Waals surface area contributed by atoms with Crippen LogP contribution < -0.4 is 5.32 Å². The minimum absolute atomic E-state index is 0.0129. The molecule has 4 nitrogen and oxygen atoms in total. The van der Waals surface area contributed by atoms with Gasteiger partial charge in [0.2, 0.25) is 0 Å². The first-order chi connectivity index (χ1) is 11.3. The van der Waals surface area contributed by atoms with Crippen LogP contribution in [0.1, 0.15) is 18.1 Å². The molecule has 1 N–H and O–H groups in total. The van der Waals surface area contributed by atoms with E-state index in [1.165, 1.54) is 6.92 Å². The Morgan fingerprint density at radius 3 is 2.54 bits per heavy atom. The lowest BCUT2D eigenvalue weighted by Crippen LogP contribution is -2.30. The van der Waals surface area contributed by atoms with Crippen LogP contribution in [0.5, 0.6) is 0 Å². The van der Waals surface area contributed by atoms with E-state index in [1.807, 2.05) is 25.1 Å². The van der Waals surface area contributed by atoms with Crippen LogP contribution in [0, 0.1) is 6.92 Å². The Hall–Kier alpha value is -2.04. The fraction of sp³-hybridized carbons (Fsp3) is 0.222. The van der Waals surface area contributed by atoms with Crippen molar-refractivity contribution < 1.29 is 14.3 Å². The normalized spacial score (nSPS) is 11.7. The zero-order chi connectivity index (χ0) is 17.7. The molecule has 0 radical (unpaired) electrons. The summed E-state index contributed by atoms with van der Waals surface area (Å²) in [5, 5.41) is 3.50. The number of nitrogens with one attached hydrogen (secondary N) is 1. The van der Waals surface area contributed by atoms with E-state index in [1.54, 1.807) is 24.3 Å². The number of hydrogen-bond donors (Lipinski definition) is 1. The average Bonchev–Trinajstić information content (AvgIpc) is 2.50. The van der Waals surface area contributed by atoms with Crippen molar-refractivity contribution in [1.29, 1.82) is 0 Å². The van der Waals surface area contributed by atoms with Crippen molar-refractivity contribution in [2.45, 2.75) is 26.4 Å². The van der Waals surface area contributed by atoms with Gasteiger partial charge in [-0.25, -0.2) is 0 Å². The Kier molecular flexibility index (Phi) is 6.23. The number of anilines is 1. The molecule has 126 valence electrons. The number of ether oxygens (including phenoxy) is 1. The molecule has 1 atom stereocenters. The number of benzene rings is 2. The first-order valence-electron chi connectivity index (χ1n) is 7.36. The number of halogens is 2. The second-order valence-electron chi connectivity index (χ2n) is 5.42. The fourth-order valence-electron chi connectivity index (χ4n) is 2.08. The molecule has 1 unspecified atom stereocenters. The number of esters is 1. The van der Waals surface area contributed by atoms with Crippen molar-refractivity contribution in [3.8, 4) is 0 Å². The van der Waals surface area contributed by atoms with Gasteiger partial charge in [-0.15, -0.1) is 0 Å². The first-order valence-corrected chi connectivity index (χ1v) is 8.11. The van der Waals surface area contributed by atoms with Gasteiger partial charge in [-0.1, -0.05) is 41.4 Å². The largest absolute Gasteiger partial charge is 0.452 e. The standard InChI is InChI=1S/C18H17Cl2NO3/c1-11-4-3-5-14(8-11)21-18(23)12(2)24-17(22)10-13-6-7-15(19)16(20)9-13/h3-9,12H,10H2,1-2H3,(H,21,23). The van der Waals surface area contributed by atoms with E-state index in [0.717, 1.165) is 5.56 Å². The molecule has 0 saturated carbocycles. The van der Waals surface area contributed by atoms with Crippen LogP contribution in [0.15, 0.2) is 42.5 Å². The summed E-state index contributed by atoms with van der Waals surface area (Å²) in [7, 11) is 0. The van der Waals surface area contributed by atoms with Crippen molar-refractivity contribution >= 4 is 40.8 Å². The summed E-state index contributed by atoms with van der Waals surface area (Å²) >= 11 is 11.7. The number of carbonyl (C=O) groups excluding carboxylic acids is 2. The summed E-state index contributed by atoms with van der Waals surface area (Å²) in [5.41, 5.74) is 2.35. The number of amides is 1. The molecule has 0 aromatic heterocycles. The molecule has 0 aliphatic carbocycles. The third-order valence-corrected chi connectivity index (χ3v) is 4.03. The SMILES string of the molecule is Cc1cccc(NC(=O)C(C)OC(=O)Cc2ccc(Cl)c(Cl)c2)c1. The maximum Gasteiger partial charge on any atom is 0.311 e. The maximum atomic E-state index is 12.1. The maximum absolute atomic E-state index is 12.1. The second-order valence-corrected chi connectivity index (χ2v) is 6.23. The van der Waals surface area contributed by atoms with Crippen molar-refractivity contribution in [3.05, 3.63) is 63.6 Å². The van der Waals surface area contributed by atoms with E-state index in [2.05, 4.69) is 5.32 Å². The molecule has 6 heteroatoms. The van der Waals surface area contributed by atoms with Crippen LogP contribution in [0.2, 0.25) is 10.0 Å². The highest BCUT2D eigenvalue weighted by molar-refractivity contribution is 6.42. The van der Waals surface area contributed by atoms with Crippen LogP contribution in [-0.4, -0.2) is 18.0 Å². The minimum atomic E-state index is -0.902. The van der Waals surface area contributed by atoms with Gasteiger partial charge in [-0.3, -0.25) is 9.59 Å². The summed E-state index contributed by atoms with van der Waals surface area (Å²) < 4.78 is 5.16. The van der Waals surface area contributed by atoms with Crippen molar-refractivity contribution in [2.24, 2.45) is 0 Å². The predicted molar refractivity (Wildman–Crippen MR) is 95.5 cm³/mol. The van der Waals surface area contributed by atoms with Crippen molar-refractivity contribution in [2.75, 3.05) is 5.32 Å². The van der Waals surface area contributed by atoms with Gasteiger partial charge in [0.05, 0.1) is 16.5 Å². The Bertz CT molecular complexity index is 762. The van der Waals surface area contributed by atoms with E-state index in [4.69, 9.17) is 27.9 Å². The average molecular weight is 366 g/mol. The molecular formula is C18H17Cl2NO3. The molecule has 0 saturated heterocycles. The third kappa shape index (κ3) is 5.25. The molecule has 2 aromatic carbocycles. The number of hydrogen-bond acceptors (Lipinski definition) is 3. The van der Waals surface area contributed by atoms with Gasteiger partial charge in [-0.2, -0.15) is 0 Å². The first kappa shape index (κ1) is 18.3. The van der Waals surface area contributed by atoms with Crippen molar-refractivity contribution in [3.63, 3.8) is 0 Å². The molecule has 2 rings (SSSR count). The van der Waals surface area contributed by atoms with Crippen LogP contribution in [0.25, 0.3) is 0 Å². The van der Waals surface area contributed by atoms with Gasteiger partial charge in [0.1, 0.15) is 0 Å². The Balaban J connectivity index is 1.90. The van der Waals surface area contributed by atoms with E-state index in [-0.39, 0.29) is 12.3 Å². The zero-order valence-corrected chi connectivity index (χ0v) is 14.8. The van der Waals surface area contributed by atoms with E-state index < -0.39 is 12.1 Å². The van der Waals surface area contributed by atoms with Crippen molar-refractivity contribution in [1.82, 2.24) is 0 Å². The highest BCUT2D eigenvalue weighted by Crippen LogP contribution is 2.23. The van der Waals surface area contributed by atoms with Gasteiger partial charge in [0, 0.05) is 5.69 Å². The highest BCUT2D eigenvalue weighted by atomic mass is 35.5. The molecular weight excluding hydrogens is 349 g/mol. The lowest BCUT2D eigenvalue weighted by atomic mass is 10.1. The molecule has 24 heavy (non-hydrogen) atoms. The lowest BCUT2D eigenvalue weighted by molar-refractivity contribution is -0.152. The summed E-state index contributed by atoms with van der Waals surface area (Å²) in [6.45, 7) is 3.45. The molecule has 2 aromatic rings. The highest BCUT2D eigenvalue weighted by Gasteiger charge is 2.18. The van der Waals surface area contributed by atoms with Gasteiger partial charge in [-0.05, 0) is 49.2 Å². The molecule has 0 spiro atoms. The Morgan fingerprint density at radius 2 is 1.88 bits per heavy atom. The topological polar surface area (TPSA) is 55.4 Å². The van der Waals surface area contributed by atoms with Crippen LogP contribution in [0.3, 0.4) is 0 Å². The number of rotatable bonds is 5. The van der Waals surface area contributed by atoms with Crippen LogP contribution in [0.4, 0.5) is 5.69 Å². The molecule has 0 fully saturated rings. The number of carbonyl (C=O) groups is 2. The number of aryl methyl sites for hydroxylation is 1. The minimum Gasteiger partial charge on any atom is -0.452 e. The fourth-order valence-corrected chi connectivity index (χ4v) is 2.40. The van der Waals surface area contributed by atoms with Gasteiger partial charge >= 0.3 is 5.97 Å². The smallest absolute Gasteiger partial charge is 0.311 e. The van der Waals surface area contributed by atoms with Gasteiger partial charge in [0.25, 0.3) is 5.91 Å². The second kappa shape index (κ2) is 8.18. The van der Waals surface area contributed by atoms with Gasteiger partial charge < -0.3 is 10.1 Å². The summed E-state index contributed by atoms with van der Waals surface area (Å²) in [6.07, 6.45) is -0.889. The molecule has 0 bridgehead atoms. The van der Waals surface area contributed by atoms with E-state index in [9.17, 15) is 9.59 Å². The monoisotopic (exact) mass is 365 g/mol. The quantitative estimate of drug-likeness (QED) is 0.798. The summed E-state index contributed by atoms with van der Waals surface area (Å²) in [6, 6.07) is 12.3.